The van der Waals surface area contributed by atoms with Crippen molar-refractivity contribution < 1.29 is 9.90 Å². The number of rotatable bonds is 6. The normalized spacial score (nSPS) is 20.7. The van der Waals surface area contributed by atoms with E-state index in [1.54, 1.807) is 0 Å². The molecular weight excluding hydrogens is 482 g/mol. The number of hydrogen-bond acceptors (Lipinski definition) is 3. The quantitative estimate of drug-likeness (QED) is 0.357. The summed E-state index contributed by atoms with van der Waals surface area (Å²) in [5, 5.41) is 11.1. The molecule has 3 aliphatic rings. The molecule has 1 aromatic heterocycles. The van der Waals surface area contributed by atoms with Gasteiger partial charge < -0.3 is 19.5 Å². The van der Waals surface area contributed by atoms with Gasteiger partial charge in [0.1, 0.15) is 0 Å². The van der Waals surface area contributed by atoms with Crippen molar-refractivity contribution in [1.82, 2.24) is 9.47 Å². The van der Waals surface area contributed by atoms with Crippen LogP contribution < -0.4 is 4.90 Å². The summed E-state index contributed by atoms with van der Waals surface area (Å²) in [5.41, 5.74) is 8.30. The lowest BCUT2D eigenvalue weighted by molar-refractivity contribution is 0.0697. The Morgan fingerprint density at radius 3 is 2.56 bits per heavy atom. The molecule has 1 saturated heterocycles. The zero-order valence-electron chi connectivity index (χ0n) is 24.1. The molecule has 5 nitrogen and oxygen atoms in total. The Hall–Kier alpha value is -2.79. The van der Waals surface area contributed by atoms with Crippen molar-refractivity contribution in [3.05, 3.63) is 53.1 Å². The molecule has 5 heteroatoms. The maximum atomic E-state index is 12.0. The number of carboxylic acids is 1. The van der Waals surface area contributed by atoms with Crippen molar-refractivity contribution >= 4 is 22.6 Å². The molecule has 6 rings (SSSR count). The zero-order valence-corrected chi connectivity index (χ0v) is 24.1. The van der Waals surface area contributed by atoms with Gasteiger partial charge in [0.05, 0.1) is 11.3 Å². The number of anilines is 1. The first-order chi connectivity index (χ1) is 18.9. The smallest absolute Gasteiger partial charge is 0.335 e. The molecule has 3 aromatic rings. The molecule has 1 atom stereocenters. The van der Waals surface area contributed by atoms with Gasteiger partial charge in [0.25, 0.3) is 0 Å². The highest BCUT2D eigenvalue weighted by Crippen LogP contribution is 2.47. The lowest BCUT2D eigenvalue weighted by atomic mass is 9.81. The van der Waals surface area contributed by atoms with Gasteiger partial charge >= 0.3 is 5.97 Å². The second kappa shape index (κ2) is 11.0. The molecule has 0 amide bonds. The summed E-state index contributed by atoms with van der Waals surface area (Å²) in [5.74, 6) is 0.451. The van der Waals surface area contributed by atoms with Crippen LogP contribution in [-0.4, -0.2) is 52.8 Å². The topological polar surface area (TPSA) is 48.7 Å². The number of aromatic carboxylic acids is 1. The van der Waals surface area contributed by atoms with E-state index >= 15 is 0 Å². The fraction of sp³-hybridized carbons (Fsp3) is 0.559. The third-order valence-corrected chi connectivity index (χ3v) is 9.79. The predicted octanol–water partition coefficient (Wildman–Crippen LogP) is 7.69. The molecule has 2 fully saturated rings. The van der Waals surface area contributed by atoms with Crippen molar-refractivity contribution in [2.24, 2.45) is 5.92 Å². The van der Waals surface area contributed by atoms with E-state index in [1.807, 2.05) is 12.1 Å². The monoisotopic (exact) mass is 527 g/mol. The minimum absolute atomic E-state index is 0.384. The third-order valence-electron chi connectivity index (χ3n) is 9.79. The fourth-order valence-electron chi connectivity index (χ4n) is 7.65. The highest BCUT2D eigenvalue weighted by molar-refractivity contribution is 5.99. The van der Waals surface area contributed by atoms with Gasteiger partial charge in [-0.05, 0) is 101 Å². The van der Waals surface area contributed by atoms with Crippen LogP contribution >= 0.6 is 0 Å². The van der Waals surface area contributed by atoms with Gasteiger partial charge in [0.2, 0.25) is 0 Å². The maximum absolute atomic E-state index is 12.0. The Balaban J connectivity index is 1.41. The van der Waals surface area contributed by atoms with E-state index in [2.05, 4.69) is 59.4 Å². The summed E-state index contributed by atoms with van der Waals surface area (Å²) >= 11 is 0. The van der Waals surface area contributed by atoms with Crippen LogP contribution in [0.25, 0.3) is 22.2 Å². The first kappa shape index (κ1) is 26.4. The Morgan fingerprint density at radius 1 is 0.974 bits per heavy atom. The molecule has 2 aliphatic heterocycles. The number of likely N-dealkylation sites (tertiary alicyclic amines) is 1. The van der Waals surface area contributed by atoms with Crippen LogP contribution in [-0.2, 0) is 6.54 Å². The van der Waals surface area contributed by atoms with Crippen molar-refractivity contribution in [2.45, 2.75) is 90.6 Å². The highest BCUT2D eigenvalue weighted by Gasteiger charge is 2.31. The van der Waals surface area contributed by atoms with Crippen molar-refractivity contribution in [2.75, 3.05) is 31.1 Å². The zero-order chi connectivity index (χ0) is 27.1. The van der Waals surface area contributed by atoms with Gasteiger partial charge in [0, 0.05) is 54.4 Å². The van der Waals surface area contributed by atoms with Crippen LogP contribution in [0.1, 0.15) is 92.6 Å². The van der Waals surface area contributed by atoms with E-state index in [0.29, 0.717) is 17.5 Å². The van der Waals surface area contributed by atoms with E-state index in [9.17, 15) is 9.90 Å². The number of nitrogens with zero attached hydrogens (tertiary/aromatic N) is 3. The number of fused-ring (bicyclic) bond motifs is 5. The molecule has 0 bridgehead atoms. The predicted molar refractivity (Wildman–Crippen MR) is 161 cm³/mol. The molecule has 3 heterocycles. The van der Waals surface area contributed by atoms with Gasteiger partial charge in [-0.1, -0.05) is 37.5 Å². The molecular formula is C34H45N3O2. The van der Waals surface area contributed by atoms with E-state index in [1.165, 1.54) is 97.9 Å². The summed E-state index contributed by atoms with van der Waals surface area (Å²) in [7, 11) is 0. The SMILES string of the molecule is Cc1ccc2c(c1)N(CCC1CCCN(C(C)C)C1)CCn1c-2c(C2CCCCC2)c2ccc(C(=O)O)cc21. The fourth-order valence-corrected chi connectivity index (χ4v) is 7.65. The Kier molecular flexibility index (Phi) is 7.45. The molecule has 1 N–H and O–H groups in total. The lowest BCUT2D eigenvalue weighted by Gasteiger charge is -2.36. The first-order valence-electron chi connectivity index (χ1n) is 15.4. The van der Waals surface area contributed by atoms with E-state index in [-0.39, 0.29) is 0 Å². The number of aromatic nitrogens is 1. The average molecular weight is 528 g/mol. The standard InChI is InChI=1S/C34H45N3O2/c1-23(2)36-16-7-8-25(22-36)15-17-35-18-19-37-31-21-27(34(38)39)12-14-28(31)32(26-9-5-4-6-10-26)33(37)29-13-11-24(3)20-30(29)35/h11-14,20-21,23,25-26H,4-10,15-19,22H2,1-3H3,(H,38,39). The molecule has 0 spiro atoms. The summed E-state index contributed by atoms with van der Waals surface area (Å²) in [6.45, 7) is 12.2. The Morgan fingerprint density at radius 2 is 1.79 bits per heavy atom. The molecule has 39 heavy (non-hydrogen) atoms. The molecule has 1 unspecified atom stereocenters. The van der Waals surface area contributed by atoms with Crippen LogP contribution in [0.15, 0.2) is 36.4 Å². The highest BCUT2D eigenvalue weighted by atomic mass is 16.4. The molecule has 2 aromatic carbocycles. The van der Waals surface area contributed by atoms with Crippen molar-refractivity contribution in [3.63, 3.8) is 0 Å². The number of aryl methyl sites for hydroxylation is 1. The summed E-state index contributed by atoms with van der Waals surface area (Å²) in [4.78, 5) is 17.3. The molecule has 208 valence electrons. The van der Waals surface area contributed by atoms with Crippen LogP contribution in [0.3, 0.4) is 0 Å². The average Bonchev–Trinajstić information content (AvgIpc) is 3.18. The van der Waals surface area contributed by atoms with Crippen molar-refractivity contribution in [1.29, 1.82) is 0 Å². The van der Waals surface area contributed by atoms with E-state index in [0.717, 1.165) is 31.1 Å². The van der Waals surface area contributed by atoms with Gasteiger partial charge in [0.15, 0.2) is 0 Å². The first-order valence-corrected chi connectivity index (χ1v) is 15.4. The summed E-state index contributed by atoms with van der Waals surface area (Å²) in [6.07, 6.45) is 10.2. The van der Waals surface area contributed by atoms with Crippen LogP contribution in [0.2, 0.25) is 0 Å². The molecule has 1 aliphatic carbocycles. The van der Waals surface area contributed by atoms with E-state index < -0.39 is 5.97 Å². The number of carboxylic acid groups (broad SMARTS) is 1. The molecule has 1 saturated carbocycles. The number of benzene rings is 2. The number of carbonyl (C=O) groups is 1. The maximum Gasteiger partial charge on any atom is 0.335 e. The Labute approximate surface area is 233 Å². The number of hydrogen-bond donors (Lipinski definition) is 1. The number of piperidine rings is 1. The largest absolute Gasteiger partial charge is 0.478 e. The lowest BCUT2D eigenvalue weighted by Crippen LogP contribution is -2.41. The van der Waals surface area contributed by atoms with Crippen LogP contribution in [0.5, 0.6) is 0 Å². The summed E-state index contributed by atoms with van der Waals surface area (Å²) in [6, 6.07) is 13.5. The van der Waals surface area contributed by atoms with E-state index in [4.69, 9.17) is 0 Å². The second-order valence-corrected chi connectivity index (χ2v) is 12.7. The van der Waals surface area contributed by atoms with Gasteiger partial charge in [-0.25, -0.2) is 4.79 Å². The van der Waals surface area contributed by atoms with Gasteiger partial charge in [-0.3, -0.25) is 0 Å². The second-order valence-electron chi connectivity index (χ2n) is 12.7. The van der Waals surface area contributed by atoms with Crippen molar-refractivity contribution in [3.8, 4) is 11.3 Å². The Bertz CT molecular complexity index is 1350. The van der Waals surface area contributed by atoms with Crippen LogP contribution in [0, 0.1) is 12.8 Å². The minimum Gasteiger partial charge on any atom is -0.478 e. The van der Waals surface area contributed by atoms with Gasteiger partial charge in [-0.2, -0.15) is 0 Å². The summed E-state index contributed by atoms with van der Waals surface area (Å²) < 4.78 is 2.47. The minimum atomic E-state index is -0.846. The molecule has 0 radical (unpaired) electrons. The third kappa shape index (κ3) is 5.11. The van der Waals surface area contributed by atoms with Gasteiger partial charge in [-0.15, -0.1) is 0 Å². The van der Waals surface area contributed by atoms with Crippen LogP contribution in [0.4, 0.5) is 5.69 Å².